The number of pyridine rings is 1. The Morgan fingerprint density at radius 3 is 2.61 bits per heavy atom. The van der Waals surface area contributed by atoms with Crippen LogP contribution < -0.4 is 10.1 Å². The van der Waals surface area contributed by atoms with E-state index in [0.717, 1.165) is 52.0 Å². The maximum absolute atomic E-state index is 9.52. The minimum absolute atomic E-state index is 0.357. The number of aromatic amines is 1. The Morgan fingerprint density at radius 1 is 1.06 bits per heavy atom. The van der Waals surface area contributed by atoms with E-state index in [-0.39, 0.29) is 0 Å². The summed E-state index contributed by atoms with van der Waals surface area (Å²) < 4.78 is 5.31. The number of methoxy groups -OCH3 is 1. The summed E-state index contributed by atoms with van der Waals surface area (Å²) in [5.41, 5.74) is 7.32. The number of H-pyrrole nitrogens is 1. The lowest BCUT2D eigenvalue weighted by molar-refractivity contribution is 0.332. The molecule has 1 aliphatic heterocycles. The lowest BCUT2D eigenvalue weighted by atomic mass is 9.83. The van der Waals surface area contributed by atoms with E-state index >= 15 is 0 Å². The molecule has 0 bridgehead atoms. The first-order valence-corrected chi connectivity index (χ1v) is 11.5. The maximum atomic E-state index is 9.52. The first-order valence-electron chi connectivity index (χ1n) is 11.5. The highest BCUT2D eigenvalue weighted by Crippen LogP contribution is 2.41. The molecule has 2 unspecified atom stereocenters. The molecule has 1 saturated heterocycles. The zero-order valence-electron chi connectivity index (χ0n) is 19.1. The highest BCUT2D eigenvalue weighted by atomic mass is 16.5. The lowest BCUT2D eigenvalue weighted by Gasteiger charge is -2.28. The second kappa shape index (κ2) is 9.09. The molecule has 2 N–H and O–H groups in total. The van der Waals surface area contributed by atoms with Crippen LogP contribution in [0.25, 0.3) is 33.2 Å². The van der Waals surface area contributed by atoms with Gasteiger partial charge in [-0.1, -0.05) is 19.1 Å². The van der Waals surface area contributed by atoms with Crippen molar-refractivity contribution in [3.63, 3.8) is 0 Å². The van der Waals surface area contributed by atoms with Gasteiger partial charge in [0.05, 0.1) is 18.7 Å². The van der Waals surface area contributed by atoms with Crippen LogP contribution in [0.2, 0.25) is 0 Å². The number of nitriles is 1. The summed E-state index contributed by atoms with van der Waals surface area (Å²) in [6.45, 7) is 4.45. The molecule has 3 heterocycles. The molecule has 2 atom stereocenters. The number of aromatic nitrogens is 2. The zero-order chi connectivity index (χ0) is 22.8. The van der Waals surface area contributed by atoms with Gasteiger partial charge in [0.15, 0.2) is 0 Å². The second-order valence-electron chi connectivity index (χ2n) is 8.87. The van der Waals surface area contributed by atoms with Gasteiger partial charge in [-0.25, -0.2) is 0 Å². The fraction of sp³-hybridized carbons (Fsp3) is 0.286. The Bertz CT molecular complexity index is 1310. The molecule has 2 aromatic carbocycles. The molecule has 33 heavy (non-hydrogen) atoms. The predicted octanol–water partition coefficient (Wildman–Crippen LogP) is 5.88. The van der Waals surface area contributed by atoms with Crippen molar-refractivity contribution in [3.05, 3.63) is 72.2 Å². The van der Waals surface area contributed by atoms with E-state index in [1.165, 1.54) is 18.5 Å². The molecule has 0 amide bonds. The SMILES string of the molecule is COc1ccc(-c2cncc(-c3c(C(C)C4CCCNC4)[nH]c4ccc(C#N)cc34)c2)cc1. The second-order valence-corrected chi connectivity index (χ2v) is 8.87. The fourth-order valence-corrected chi connectivity index (χ4v) is 4.99. The molecule has 1 fully saturated rings. The number of ether oxygens (including phenoxy) is 1. The summed E-state index contributed by atoms with van der Waals surface area (Å²) >= 11 is 0. The van der Waals surface area contributed by atoms with Crippen molar-refractivity contribution in [2.45, 2.75) is 25.7 Å². The van der Waals surface area contributed by atoms with Gasteiger partial charge in [-0.2, -0.15) is 5.26 Å². The summed E-state index contributed by atoms with van der Waals surface area (Å²) in [4.78, 5) is 8.30. The minimum Gasteiger partial charge on any atom is -0.497 e. The average Bonchev–Trinajstić information content (AvgIpc) is 3.27. The van der Waals surface area contributed by atoms with Gasteiger partial charge in [0.25, 0.3) is 0 Å². The Morgan fingerprint density at radius 2 is 1.88 bits per heavy atom. The summed E-state index contributed by atoms with van der Waals surface area (Å²) in [5, 5.41) is 14.2. The third-order valence-corrected chi connectivity index (χ3v) is 6.90. The lowest BCUT2D eigenvalue weighted by Crippen LogP contribution is -2.32. The highest BCUT2D eigenvalue weighted by Gasteiger charge is 2.26. The molecule has 5 rings (SSSR count). The average molecular weight is 437 g/mol. The van der Waals surface area contributed by atoms with Crippen molar-refractivity contribution in [3.8, 4) is 34.1 Å². The summed E-state index contributed by atoms with van der Waals surface area (Å²) in [7, 11) is 1.67. The predicted molar refractivity (Wildman–Crippen MR) is 132 cm³/mol. The van der Waals surface area contributed by atoms with Crippen molar-refractivity contribution >= 4 is 10.9 Å². The van der Waals surface area contributed by atoms with Gasteiger partial charge in [-0.05, 0) is 73.8 Å². The topological polar surface area (TPSA) is 73.7 Å². The molecular weight excluding hydrogens is 408 g/mol. The smallest absolute Gasteiger partial charge is 0.118 e. The molecule has 0 radical (unpaired) electrons. The number of piperidine rings is 1. The number of hydrogen-bond donors (Lipinski definition) is 2. The first-order chi connectivity index (χ1) is 16.2. The molecule has 5 heteroatoms. The van der Waals surface area contributed by atoms with E-state index < -0.39 is 0 Å². The standard InChI is InChI=1S/C28H28N4O/c1-18(21-4-3-11-30-15-21)28-27(25-12-19(14-29)5-10-26(25)32-28)23-13-22(16-31-17-23)20-6-8-24(33-2)9-7-20/h5-10,12-13,16-18,21,30,32H,3-4,11,15H2,1-2H3. The fourth-order valence-electron chi connectivity index (χ4n) is 4.99. The van der Waals surface area contributed by atoms with Crippen LogP contribution in [-0.4, -0.2) is 30.2 Å². The Labute approximate surface area is 194 Å². The molecule has 166 valence electrons. The minimum atomic E-state index is 0.357. The molecule has 1 aliphatic rings. The molecule has 5 nitrogen and oxygen atoms in total. The van der Waals surface area contributed by atoms with Gasteiger partial charge >= 0.3 is 0 Å². The Kier molecular flexibility index (Phi) is 5.85. The third-order valence-electron chi connectivity index (χ3n) is 6.90. The van der Waals surface area contributed by atoms with Crippen LogP contribution in [0.1, 0.15) is 36.9 Å². The van der Waals surface area contributed by atoms with Gasteiger partial charge in [0, 0.05) is 51.6 Å². The number of nitrogens with zero attached hydrogens (tertiary/aromatic N) is 2. The van der Waals surface area contributed by atoms with Crippen molar-refractivity contribution in [1.82, 2.24) is 15.3 Å². The van der Waals surface area contributed by atoms with E-state index in [9.17, 15) is 5.26 Å². The summed E-state index contributed by atoms with van der Waals surface area (Å²) in [6.07, 6.45) is 6.26. The number of nitrogens with one attached hydrogen (secondary N) is 2. The normalized spacial score (nSPS) is 16.9. The number of hydrogen-bond acceptors (Lipinski definition) is 4. The van der Waals surface area contributed by atoms with Crippen LogP contribution in [0.4, 0.5) is 0 Å². The van der Waals surface area contributed by atoms with E-state index in [1.807, 2.05) is 42.7 Å². The van der Waals surface area contributed by atoms with Crippen LogP contribution in [0.3, 0.4) is 0 Å². The Hall–Kier alpha value is -3.62. The van der Waals surface area contributed by atoms with Gasteiger partial charge in [0.2, 0.25) is 0 Å². The molecular formula is C28H28N4O. The Balaban J connectivity index is 1.65. The molecule has 0 aliphatic carbocycles. The van der Waals surface area contributed by atoms with Crippen molar-refractivity contribution in [2.75, 3.05) is 20.2 Å². The zero-order valence-corrected chi connectivity index (χ0v) is 19.1. The third kappa shape index (κ3) is 4.10. The maximum Gasteiger partial charge on any atom is 0.118 e. The molecule has 2 aromatic heterocycles. The van der Waals surface area contributed by atoms with E-state index in [1.54, 1.807) is 7.11 Å². The van der Waals surface area contributed by atoms with E-state index in [4.69, 9.17) is 4.74 Å². The molecule has 0 spiro atoms. The monoisotopic (exact) mass is 436 g/mol. The molecule has 0 saturated carbocycles. The first kappa shape index (κ1) is 21.2. The van der Waals surface area contributed by atoms with Crippen LogP contribution in [0.15, 0.2) is 60.9 Å². The number of benzene rings is 2. The van der Waals surface area contributed by atoms with Crippen LogP contribution >= 0.6 is 0 Å². The van der Waals surface area contributed by atoms with Crippen molar-refractivity contribution in [1.29, 1.82) is 5.26 Å². The van der Waals surface area contributed by atoms with Gasteiger partial charge in [-0.15, -0.1) is 0 Å². The van der Waals surface area contributed by atoms with Gasteiger partial charge in [-0.3, -0.25) is 4.98 Å². The number of rotatable bonds is 5. The summed E-state index contributed by atoms with van der Waals surface area (Å²) in [6, 6.07) is 18.4. The van der Waals surface area contributed by atoms with Crippen LogP contribution in [0.5, 0.6) is 5.75 Å². The van der Waals surface area contributed by atoms with Crippen molar-refractivity contribution in [2.24, 2.45) is 5.92 Å². The largest absolute Gasteiger partial charge is 0.497 e. The quantitative estimate of drug-likeness (QED) is 0.410. The van der Waals surface area contributed by atoms with Gasteiger partial charge < -0.3 is 15.0 Å². The highest BCUT2D eigenvalue weighted by molar-refractivity contribution is 5.99. The number of fused-ring (bicyclic) bond motifs is 1. The summed E-state index contributed by atoms with van der Waals surface area (Å²) in [5.74, 6) is 1.76. The van der Waals surface area contributed by atoms with Crippen LogP contribution in [-0.2, 0) is 0 Å². The van der Waals surface area contributed by atoms with Gasteiger partial charge in [0.1, 0.15) is 5.75 Å². The van der Waals surface area contributed by atoms with Crippen LogP contribution in [0, 0.1) is 17.2 Å². The molecule has 4 aromatic rings. The van der Waals surface area contributed by atoms with E-state index in [0.29, 0.717) is 17.4 Å². The van der Waals surface area contributed by atoms with E-state index in [2.05, 4.69) is 46.5 Å². The van der Waals surface area contributed by atoms with Crippen molar-refractivity contribution < 1.29 is 4.74 Å².